The Morgan fingerprint density at radius 3 is 2.69 bits per heavy atom. The quantitative estimate of drug-likeness (QED) is 0.743. The molecule has 0 amide bonds. The molecule has 0 aliphatic carbocycles. The van der Waals surface area contributed by atoms with Crippen molar-refractivity contribution in [2.45, 2.75) is 32.7 Å². The van der Waals surface area contributed by atoms with Gasteiger partial charge in [0.2, 0.25) is 0 Å². The molecule has 1 aromatic heterocycles. The first-order chi connectivity index (χ1) is 7.76. The van der Waals surface area contributed by atoms with Crippen LogP contribution in [0.1, 0.15) is 31.1 Å². The predicted octanol–water partition coefficient (Wildman–Crippen LogP) is 3.50. The van der Waals surface area contributed by atoms with Gasteiger partial charge in [-0.15, -0.1) is 11.3 Å². The SMILES string of the molecule is CCCCCN(CCO)Cc1ccc(Br)s1. The van der Waals surface area contributed by atoms with Gasteiger partial charge in [-0.25, -0.2) is 0 Å². The molecule has 0 spiro atoms. The topological polar surface area (TPSA) is 23.5 Å². The monoisotopic (exact) mass is 305 g/mol. The summed E-state index contributed by atoms with van der Waals surface area (Å²) in [6.07, 6.45) is 3.75. The van der Waals surface area contributed by atoms with Crippen molar-refractivity contribution >= 4 is 27.3 Å². The summed E-state index contributed by atoms with van der Waals surface area (Å²) in [6.45, 7) is 5.29. The Balaban J connectivity index is 2.37. The second kappa shape index (κ2) is 8.23. The number of unbranched alkanes of at least 4 members (excludes halogenated alkanes) is 2. The molecular formula is C12H20BrNOS. The summed E-state index contributed by atoms with van der Waals surface area (Å²) in [5.41, 5.74) is 0. The summed E-state index contributed by atoms with van der Waals surface area (Å²) in [6, 6.07) is 4.24. The molecule has 0 saturated heterocycles. The molecule has 0 radical (unpaired) electrons. The van der Waals surface area contributed by atoms with Crippen LogP contribution in [0.2, 0.25) is 0 Å². The third-order valence-corrected chi connectivity index (χ3v) is 4.11. The van der Waals surface area contributed by atoms with Gasteiger partial charge in [-0.05, 0) is 41.0 Å². The Labute approximate surface area is 110 Å². The van der Waals surface area contributed by atoms with Crippen LogP contribution in [-0.2, 0) is 6.54 Å². The van der Waals surface area contributed by atoms with E-state index in [9.17, 15) is 0 Å². The zero-order chi connectivity index (χ0) is 11.8. The van der Waals surface area contributed by atoms with Gasteiger partial charge >= 0.3 is 0 Å². The second-order valence-corrected chi connectivity index (χ2v) is 6.46. The summed E-state index contributed by atoms with van der Waals surface area (Å²) in [5, 5.41) is 9.03. The fraction of sp³-hybridized carbons (Fsp3) is 0.667. The average Bonchev–Trinajstić information content (AvgIpc) is 2.65. The molecule has 92 valence electrons. The standard InChI is InChI=1S/C12H20BrNOS/c1-2-3-4-7-14(8-9-15)10-11-5-6-12(13)16-11/h5-6,15H,2-4,7-10H2,1H3. The number of rotatable bonds is 8. The van der Waals surface area contributed by atoms with Crippen LogP contribution >= 0.6 is 27.3 Å². The Morgan fingerprint density at radius 1 is 1.31 bits per heavy atom. The Bertz CT molecular complexity index is 290. The number of nitrogens with zero attached hydrogens (tertiary/aromatic N) is 1. The van der Waals surface area contributed by atoms with E-state index in [0.717, 1.165) is 19.6 Å². The lowest BCUT2D eigenvalue weighted by molar-refractivity contribution is 0.189. The number of hydrogen-bond acceptors (Lipinski definition) is 3. The molecule has 0 fully saturated rings. The van der Waals surface area contributed by atoms with Crippen molar-refractivity contribution in [3.05, 3.63) is 20.8 Å². The predicted molar refractivity (Wildman–Crippen MR) is 73.9 cm³/mol. The highest BCUT2D eigenvalue weighted by Gasteiger charge is 2.06. The molecule has 0 bridgehead atoms. The lowest BCUT2D eigenvalue weighted by Gasteiger charge is -2.20. The van der Waals surface area contributed by atoms with Gasteiger partial charge in [0.25, 0.3) is 0 Å². The van der Waals surface area contributed by atoms with Crippen LogP contribution in [0.25, 0.3) is 0 Å². The molecular weight excluding hydrogens is 286 g/mol. The maximum absolute atomic E-state index is 9.03. The van der Waals surface area contributed by atoms with E-state index in [1.54, 1.807) is 11.3 Å². The summed E-state index contributed by atoms with van der Waals surface area (Å²) in [7, 11) is 0. The van der Waals surface area contributed by atoms with Gasteiger partial charge in [-0.1, -0.05) is 19.8 Å². The van der Waals surface area contributed by atoms with Crippen LogP contribution in [0, 0.1) is 0 Å². The van der Waals surface area contributed by atoms with Crippen LogP contribution in [0.3, 0.4) is 0 Å². The molecule has 16 heavy (non-hydrogen) atoms. The van der Waals surface area contributed by atoms with Crippen molar-refractivity contribution in [1.29, 1.82) is 0 Å². The van der Waals surface area contributed by atoms with Crippen LogP contribution in [-0.4, -0.2) is 29.7 Å². The van der Waals surface area contributed by atoms with E-state index in [4.69, 9.17) is 5.11 Å². The van der Waals surface area contributed by atoms with Crippen molar-refractivity contribution in [3.63, 3.8) is 0 Å². The van der Waals surface area contributed by atoms with E-state index in [1.807, 2.05) is 0 Å². The van der Waals surface area contributed by atoms with Gasteiger partial charge in [0.1, 0.15) is 0 Å². The van der Waals surface area contributed by atoms with Gasteiger partial charge < -0.3 is 5.11 Å². The second-order valence-electron chi connectivity index (χ2n) is 3.91. The lowest BCUT2D eigenvalue weighted by atomic mass is 10.2. The molecule has 1 aromatic rings. The molecule has 0 aliphatic rings. The number of halogens is 1. The number of aliphatic hydroxyl groups is 1. The van der Waals surface area contributed by atoms with Crippen LogP contribution in [0.4, 0.5) is 0 Å². The zero-order valence-corrected chi connectivity index (χ0v) is 12.2. The van der Waals surface area contributed by atoms with Gasteiger partial charge in [0.05, 0.1) is 10.4 Å². The normalized spacial score (nSPS) is 11.2. The molecule has 0 aromatic carbocycles. The van der Waals surface area contributed by atoms with Crippen LogP contribution < -0.4 is 0 Å². The minimum Gasteiger partial charge on any atom is -0.395 e. The van der Waals surface area contributed by atoms with Crippen molar-refractivity contribution in [2.24, 2.45) is 0 Å². The van der Waals surface area contributed by atoms with E-state index in [2.05, 4.69) is 39.9 Å². The molecule has 1 rings (SSSR count). The minimum atomic E-state index is 0.249. The van der Waals surface area contributed by atoms with E-state index < -0.39 is 0 Å². The van der Waals surface area contributed by atoms with Gasteiger partial charge in [-0.2, -0.15) is 0 Å². The average molecular weight is 306 g/mol. The summed E-state index contributed by atoms with van der Waals surface area (Å²) in [4.78, 5) is 3.69. The summed E-state index contributed by atoms with van der Waals surface area (Å²) in [5.74, 6) is 0. The third-order valence-electron chi connectivity index (χ3n) is 2.50. The number of aliphatic hydroxyl groups excluding tert-OH is 1. The van der Waals surface area contributed by atoms with Crippen LogP contribution in [0.15, 0.2) is 15.9 Å². The molecule has 2 nitrogen and oxygen atoms in total. The highest BCUT2D eigenvalue weighted by atomic mass is 79.9. The molecule has 1 N–H and O–H groups in total. The molecule has 0 atom stereocenters. The highest BCUT2D eigenvalue weighted by molar-refractivity contribution is 9.11. The van der Waals surface area contributed by atoms with E-state index in [0.29, 0.717) is 0 Å². The van der Waals surface area contributed by atoms with Gasteiger partial charge in [-0.3, -0.25) is 4.90 Å². The Hall–Kier alpha value is 0.1000. The lowest BCUT2D eigenvalue weighted by Crippen LogP contribution is -2.27. The first-order valence-corrected chi connectivity index (χ1v) is 7.44. The maximum Gasteiger partial charge on any atom is 0.0701 e. The Morgan fingerprint density at radius 2 is 2.12 bits per heavy atom. The van der Waals surface area contributed by atoms with E-state index >= 15 is 0 Å². The maximum atomic E-state index is 9.03. The van der Waals surface area contributed by atoms with Gasteiger partial charge in [0, 0.05) is 18.0 Å². The van der Waals surface area contributed by atoms with Crippen molar-refractivity contribution in [1.82, 2.24) is 4.90 Å². The summed E-state index contributed by atoms with van der Waals surface area (Å²) >= 11 is 5.25. The number of hydrogen-bond donors (Lipinski definition) is 1. The van der Waals surface area contributed by atoms with Crippen molar-refractivity contribution in [2.75, 3.05) is 19.7 Å². The van der Waals surface area contributed by atoms with Crippen molar-refractivity contribution in [3.8, 4) is 0 Å². The fourth-order valence-electron chi connectivity index (χ4n) is 1.65. The first-order valence-electron chi connectivity index (χ1n) is 5.83. The first kappa shape index (κ1) is 14.2. The fourth-order valence-corrected chi connectivity index (χ4v) is 3.18. The van der Waals surface area contributed by atoms with E-state index in [-0.39, 0.29) is 6.61 Å². The third kappa shape index (κ3) is 5.43. The molecule has 4 heteroatoms. The molecule has 0 aliphatic heterocycles. The Kier molecular flexibility index (Phi) is 7.28. The van der Waals surface area contributed by atoms with Crippen LogP contribution in [0.5, 0.6) is 0 Å². The largest absolute Gasteiger partial charge is 0.395 e. The number of thiophene rings is 1. The molecule has 1 heterocycles. The van der Waals surface area contributed by atoms with Gasteiger partial charge in [0.15, 0.2) is 0 Å². The highest BCUT2D eigenvalue weighted by Crippen LogP contribution is 2.23. The van der Waals surface area contributed by atoms with Crippen molar-refractivity contribution < 1.29 is 5.11 Å². The molecule has 0 unspecified atom stereocenters. The molecule has 0 saturated carbocycles. The van der Waals surface area contributed by atoms with E-state index in [1.165, 1.54) is 27.9 Å². The minimum absolute atomic E-state index is 0.249. The zero-order valence-electron chi connectivity index (χ0n) is 9.79. The summed E-state index contributed by atoms with van der Waals surface area (Å²) < 4.78 is 1.18. The smallest absolute Gasteiger partial charge is 0.0701 e.